The topological polar surface area (TPSA) is 24.9 Å². The summed E-state index contributed by atoms with van der Waals surface area (Å²) in [5, 5.41) is 3.37. The maximum atomic E-state index is 4.39. The number of nitrogens with one attached hydrogen (secondary N) is 1. The largest absolute Gasteiger partial charge is 0.309 e. The first kappa shape index (κ1) is 14.7. The lowest BCUT2D eigenvalue weighted by Gasteiger charge is -2.21. The van der Waals surface area contributed by atoms with Crippen LogP contribution in [-0.4, -0.2) is 12.0 Å². The van der Waals surface area contributed by atoms with Gasteiger partial charge in [-0.2, -0.15) is 0 Å². The fourth-order valence-corrected chi connectivity index (χ4v) is 2.35. The first-order valence-electron chi connectivity index (χ1n) is 7.12. The van der Waals surface area contributed by atoms with Crippen LogP contribution in [0.5, 0.6) is 0 Å². The quantitative estimate of drug-likeness (QED) is 0.910. The molecule has 2 heteroatoms. The molecule has 106 valence electrons. The molecule has 2 nitrogen and oxygen atoms in total. The van der Waals surface area contributed by atoms with E-state index >= 15 is 0 Å². The van der Waals surface area contributed by atoms with Crippen molar-refractivity contribution in [1.29, 1.82) is 0 Å². The summed E-state index contributed by atoms with van der Waals surface area (Å²) < 4.78 is 0. The molecule has 1 heterocycles. The van der Waals surface area contributed by atoms with Gasteiger partial charge in [-0.05, 0) is 42.1 Å². The zero-order valence-electron chi connectivity index (χ0n) is 13.1. The highest BCUT2D eigenvalue weighted by Gasteiger charge is 2.16. The molecule has 0 saturated carbocycles. The SMILES string of the molecule is CNC(c1ccc(C(C)(C)C)cc1)c1ccc(C)nc1. The Morgan fingerprint density at radius 2 is 1.55 bits per heavy atom. The van der Waals surface area contributed by atoms with Gasteiger partial charge in [0.05, 0.1) is 6.04 Å². The molecule has 2 rings (SSSR count). The smallest absolute Gasteiger partial charge is 0.0589 e. The zero-order valence-corrected chi connectivity index (χ0v) is 13.1. The van der Waals surface area contributed by atoms with Crippen molar-refractivity contribution in [3.8, 4) is 0 Å². The third-order valence-corrected chi connectivity index (χ3v) is 3.67. The van der Waals surface area contributed by atoms with E-state index in [0.29, 0.717) is 0 Å². The third-order valence-electron chi connectivity index (χ3n) is 3.67. The highest BCUT2D eigenvalue weighted by molar-refractivity contribution is 5.34. The maximum Gasteiger partial charge on any atom is 0.0589 e. The molecule has 2 aromatic rings. The van der Waals surface area contributed by atoms with Gasteiger partial charge in [0.2, 0.25) is 0 Å². The lowest BCUT2D eigenvalue weighted by molar-refractivity contribution is 0.589. The Hall–Kier alpha value is -1.67. The van der Waals surface area contributed by atoms with Gasteiger partial charge < -0.3 is 5.32 Å². The van der Waals surface area contributed by atoms with E-state index in [1.165, 1.54) is 16.7 Å². The summed E-state index contributed by atoms with van der Waals surface area (Å²) in [4.78, 5) is 4.39. The molecule has 1 N–H and O–H groups in total. The lowest BCUT2D eigenvalue weighted by atomic mass is 9.86. The van der Waals surface area contributed by atoms with Crippen LogP contribution < -0.4 is 5.32 Å². The number of nitrogens with zero attached hydrogens (tertiary/aromatic N) is 1. The highest BCUT2D eigenvalue weighted by atomic mass is 14.9. The Morgan fingerprint density at radius 3 is 2.00 bits per heavy atom. The van der Waals surface area contributed by atoms with Crippen LogP contribution in [0.1, 0.15) is 49.2 Å². The third kappa shape index (κ3) is 3.26. The van der Waals surface area contributed by atoms with Crippen molar-refractivity contribution in [3.63, 3.8) is 0 Å². The fourth-order valence-electron chi connectivity index (χ4n) is 2.35. The number of hydrogen-bond acceptors (Lipinski definition) is 2. The molecule has 0 amide bonds. The molecule has 0 aliphatic carbocycles. The molecule has 0 radical (unpaired) electrons. The van der Waals surface area contributed by atoms with E-state index in [9.17, 15) is 0 Å². The number of hydrogen-bond donors (Lipinski definition) is 1. The van der Waals surface area contributed by atoms with Crippen LogP contribution in [0.25, 0.3) is 0 Å². The Kier molecular flexibility index (Phi) is 4.24. The number of rotatable bonds is 3. The summed E-state index contributed by atoms with van der Waals surface area (Å²) >= 11 is 0. The molecule has 0 bridgehead atoms. The lowest BCUT2D eigenvalue weighted by Crippen LogP contribution is -2.18. The minimum atomic E-state index is 0.192. The van der Waals surface area contributed by atoms with Crippen molar-refractivity contribution >= 4 is 0 Å². The van der Waals surface area contributed by atoms with Crippen molar-refractivity contribution in [2.24, 2.45) is 0 Å². The van der Waals surface area contributed by atoms with Gasteiger partial charge in [0.15, 0.2) is 0 Å². The summed E-state index contributed by atoms with van der Waals surface area (Å²) in [6.07, 6.45) is 1.95. The summed E-state index contributed by atoms with van der Waals surface area (Å²) in [5.41, 5.74) is 5.07. The summed E-state index contributed by atoms with van der Waals surface area (Å²) in [6, 6.07) is 13.3. The van der Waals surface area contributed by atoms with Crippen LogP contribution in [0.3, 0.4) is 0 Å². The molecule has 1 atom stereocenters. The van der Waals surface area contributed by atoms with E-state index in [-0.39, 0.29) is 11.5 Å². The van der Waals surface area contributed by atoms with Crippen LogP contribution in [0.15, 0.2) is 42.6 Å². The monoisotopic (exact) mass is 268 g/mol. The molecular weight excluding hydrogens is 244 g/mol. The van der Waals surface area contributed by atoms with Crippen molar-refractivity contribution in [2.75, 3.05) is 7.05 Å². The van der Waals surface area contributed by atoms with E-state index in [1.54, 1.807) is 0 Å². The Balaban J connectivity index is 2.30. The Labute approximate surface area is 122 Å². The molecule has 0 spiro atoms. The molecule has 1 aromatic heterocycles. The fraction of sp³-hybridized carbons (Fsp3) is 0.389. The van der Waals surface area contributed by atoms with Crippen molar-refractivity contribution < 1.29 is 0 Å². The van der Waals surface area contributed by atoms with Crippen LogP contribution >= 0.6 is 0 Å². The van der Waals surface area contributed by atoms with Gasteiger partial charge in [0, 0.05) is 11.9 Å². The van der Waals surface area contributed by atoms with Crippen molar-refractivity contribution in [3.05, 3.63) is 65.0 Å². The average molecular weight is 268 g/mol. The molecule has 0 fully saturated rings. The average Bonchev–Trinajstić information content (AvgIpc) is 2.41. The molecule has 0 aliphatic heterocycles. The van der Waals surface area contributed by atoms with Gasteiger partial charge in [-0.1, -0.05) is 51.1 Å². The van der Waals surface area contributed by atoms with E-state index in [4.69, 9.17) is 0 Å². The van der Waals surface area contributed by atoms with Gasteiger partial charge in [-0.15, -0.1) is 0 Å². The molecular formula is C18H24N2. The Bertz CT molecular complexity index is 547. The molecule has 1 unspecified atom stereocenters. The van der Waals surface area contributed by atoms with Crippen molar-refractivity contribution in [2.45, 2.75) is 39.2 Å². The molecule has 20 heavy (non-hydrogen) atoms. The molecule has 0 aliphatic rings. The second-order valence-corrected chi connectivity index (χ2v) is 6.33. The summed E-state index contributed by atoms with van der Waals surface area (Å²) in [6.45, 7) is 8.72. The summed E-state index contributed by atoms with van der Waals surface area (Å²) in [5.74, 6) is 0. The van der Waals surface area contributed by atoms with E-state index in [1.807, 2.05) is 20.2 Å². The normalized spacial score (nSPS) is 13.2. The van der Waals surface area contributed by atoms with Crippen LogP contribution in [0, 0.1) is 6.92 Å². The number of benzene rings is 1. The van der Waals surface area contributed by atoms with Gasteiger partial charge in [0.25, 0.3) is 0 Å². The van der Waals surface area contributed by atoms with Gasteiger partial charge in [-0.25, -0.2) is 0 Å². The molecule has 1 aromatic carbocycles. The Morgan fingerprint density at radius 1 is 0.950 bits per heavy atom. The van der Waals surface area contributed by atoms with Gasteiger partial charge in [-0.3, -0.25) is 4.98 Å². The van der Waals surface area contributed by atoms with Crippen LogP contribution in [0.4, 0.5) is 0 Å². The first-order chi connectivity index (χ1) is 9.41. The highest BCUT2D eigenvalue weighted by Crippen LogP contribution is 2.26. The zero-order chi connectivity index (χ0) is 14.8. The number of aryl methyl sites for hydroxylation is 1. The standard InChI is InChI=1S/C18H24N2/c1-13-6-7-15(12-20-13)17(19-5)14-8-10-16(11-9-14)18(2,3)4/h6-12,17,19H,1-5H3. The maximum absolute atomic E-state index is 4.39. The predicted molar refractivity (Wildman–Crippen MR) is 85.0 cm³/mol. The minimum Gasteiger partial charge on any atom is -0.309 e. The summed E-state index contributed by atoms with van der Waals surface area (Å²) in [7, 11) is 1.99. The first-order valence-corrected chi connectivity index (χ1v) is 7.12. The molecule has 0 saturated heterocycles. The van der Waals surface area contributed by atoms with Crippen LogP contribution in [0.2, 0.25) is 0 Å². The van der Waals surface area contributed by atoms with E-state index in [2.05, 4.69) is 67.5 Å². The number of pyridine rings is 1. The predicted octanol–water partition coefficient (Wildman–Crippen LogP) is 4.00. The van der Waals surface area contributed by atoms with Gasteiger partial charge in [0.1, 0.15) is 0 Å². The van der Waals surface area contributed by atoms with Crippen LogP contribution in [-0.2, 0) is 5.41 Å². The minimum absolute atomic E-state index is 0.192. The van der Waals surface area contributed by atoms with E-state index < -0.39 is 0 Å². The van der Waals surface area contributed by atoms with Gasteiger partial charge >= 0.3 is 0 Å². The second-order valence-electron chi connectivity index (χ2n) is 6.33. The van der Waals surface area contributed by atoms with E-state index in [0.717, 1.165) is 5.69 Å². The second kappa shape index (κ2) is 5.76. The van der Waals surface area contributed by atoms with Crippen molar-refractivity contribution in [1.82, 2.24) is 10.3 Å². The number of aromatic nitrogens is 1.